The standard InChI is InChI=1S/C11H9ClFN5O2/c1-5-9(18(19)20)10(17-11(14)15-5)16-8-6(12)3-2-4-7(8)13/h2-4H,1H3,(H3,14,15,16,17). The number of aryl methyl sites for hydroxylation is 1. The molecule has 104 valence electrons. The van der Waals surface area contributed by atoms with Crippen molar-refractivity contribution < 1.29 is 9.31 Å². The maximum absolute atomic E-state index is 13.7. The fraction of sp³-hybridized carbons (Fsp3) is 0.0909. The average molecular weight is 298 g/mol. The number of hydrogen-bond donors (Lipinski definition) is 2. The first kappa shape index (κ1) is 13.9. The zero-order chi connectivity index (χ0) is 14.9. The van der Waals surface area contributed by atoms with Gasteiger partial charge in [-0.05, 0) is 19.1 Å². The topological polar surface area (TPSA) is 107 Å². The molecule has 0 saturated heterocycles. The van der Waals surface area contributed by atoms with Crippen molar-refractivity contribution in [3.05, 3.63) is 44.8 Å². The van der Waals surface area contributed by atoms with Gasteiger partial charge in [0.15, 0.2) is 0 Å². The number of nitrogen functional groups attached to an aromatic ring is 1. The first-order chi connectivity index (χ1) is 9.40. The highest BCUT2D eigenvalue weighted by atomic mass is 35.5. The van der Waals surface area contributed by atoms with E-state index in [9.17, 15) is 14.5 Å². The van der Waals surface area contributed by atoms with Crippen molar-refractivity contribution in [3.63, 3.8) is 0 Å². The Bertz CT molecular complexity index is 675. The molecule has 0 aliphatic heterocycles. The molecule has 2 rings (SSSR count). The Kier molecular flexibility index (Phi) is 3.66. The lowest BCUT2D eigenvalue weighted by molar-refractivity contribution is -0.385. The van der Waals surface area contributed by atoms with Crippen molar-refractivity contribution >= 4 is 34.7 Å². The van der Waals surface area contributed by atoms with Gasteiger partial charge in [0.05, 0.1) is 15.6 Å². The minimum atomic E-state index is -0.675. The van der Waals surface area contributed by atoms with Gasteiger partial charge in [0.25, 0.3) is 0 Å². The molecule has 0 radical (unpaired) electrons. The quantitative estimate of drug-likeness (QED) is 0.666. The van der Waals surface area contributed by atoms with E-state index in [1.165, 1.54) is 19.1 Å². The fourth-order valence-electron chi connectivity index (χ4n) is 1.63. The molecule has 0 aliphatic carbocycles. The van der Waals surface area contributed by atoms with Crippen LogP contribution in [0, 0.1) is 22.9 Å². The zero-order valence-electron chi connectivity index (χ0n) is 10.2. The Morgan fingerprint density at radius 3 is 2.75 bits per heavy atom. The Balaban J connectivity index is 2.56. The summed E-state index contributed by atoms with van der Waals surface area (Å²) < 4.78 is 13.7. The minimum Gasteiger partial charge on any atom is -0.368 e. The van der Waals surface area contributed by atoms with Crippen molar-refractivity contribution in [3.8, 4) is 0 Å². The van der Waals surface area contributed by atoms with E-state index in [0.29, 0.717) is 0 Å². The molecule has 3 N–H and O–H groups in total. The number of halogens is 2. The summed E-state index contributed by atoms with van der Waals surface area (Å²) >= 11 is 5.84. The molecule has 2 aromatic rings. The summed E-state index contributed by atoms with van der Waals surface area (Å²) in [7, 11) is 0. The molecule has 1 aromatic heterocycles. The molecule has 0 atom stereocenters. The smallest absolute Gasteiger partial charge is 0.332 e. The zero-order valence-corrected chi connectivity index (χ0v) is 11.0. The number of nitro groups is 1. The van der Waals surface area contributed by atoms with Crippen molar-refractivity contribution in [2.24, 2.45) is 0 Å². The molecule has 7 nitrogen and oxygen atoms in total. The van der Waals surface area contributed by atoms with E-state index in [1.807, 2.05) is 0 Å². The second-order valence-electron chi connectivity index (χ2n) is 3.84. The van der Waals surface area contributed by atoms with Gasteiger partial charge in [0, 0.05) is 0 Å². The van der Waals surface area contributed by atoms with Gasteiger partial charge in [-0.15, -0.1) is 0 Å². The molecule has 1 heterocycles. The van der Waals surface area contributed by atoms with E-state index in [1.54, 1.807) is 0 Å². The lowest BCUT2D eigenvalue weighted by Gasteiger charge is -2.10. The molecule has 0 unspecified atom stereocenters. The predicted molar refractivity (Wildman–Crippen MR) is 72.5 cm³/mol. The number of nitrogens with one attached hydrogen (secondary N) is 1. The van der Waals surface area contributed by atoms with Crippen molar-refractivity contribution in [2.75, 3.05) is 11.1 Å². The molecule has 0 spiro atoms. The SMILES string of the molecule is Cc1nc(N)nc(Nc2c(F)cccc2Cl)c1[N+](=O)[O-]. The van der Waals surface area contributed by atoms with E-state index in [-0.39, 0.29) is 28.2 Å². The van der Waals surface area contributed by atoms with Gasteiger partial charge in [-0.1, -0.05) is 17.7 Å². The number of nitrogens with two attached hydrogens (primary N) is 1. The molecule has 0 aliphatic rings. The summed E-state index contributed by atoms with van der Waals surface area (Å²) in [6.45, 7) is 1.41. The summed E-state index contributed by atoms with van der Waals surface area (Å²) in [6, 6.07) is 4.02. The molecule has 0 bridgehead atoms. The molecule has 20 heavy (non-hydrogen) atoms. The second kappa shape index (κ2) is 5.25. The van der Waals surface area contributed by atoms with E-state index < -0.39 is 16.4 Å². The lowest BCUT2D eigenvalue weighted by Crippen LogP contribution is -2.07. The summed E-state index contributed by atoms with van der Waals surface area (Å²) in [6.07, 6.45) is 0. The molecule has 0 amide bonds. The molecule has 0 saturated carbocycles. The summed E-state index contributed by atoms with van der Waals surface area (Å²) in [4.78, 5) is 17.8. The largest absolute Gasteiger partial charge is 0.368 e. The number of hydrogen-bond acceptors (Lipinski definition) is 6. The van der Waals surface area contributed by atoms with Crippen LogP contribution in [-0.2, 0) is 0 Å². The van der Waals surface area contributed by atoms with Crippen LogP contribution < -0.4 is 11.1 Å². The van der Waals surface area contributed by atoms with Crippen LogP contribution in [0.1, 0.15) is 5.69 Å². The minimum absolute atomic E-state index is 0.0640. The van der Waals surface area contributed by atoms with Crippen molar-refractivity contribution in [2.45, 2.75) is 6.92 Å². The molecule has 1 aromatic carbocycles. The highest BCUT2D eigenvalue weighted by Gasteiger charge is 2.23. The van der Waals surface area contributed by atoms with Crippen LogP contribution in [0.25, 0.3) is 0 Å². The normalized spacial score (nSPS) is 10.3. The van der Waals surface area contributed by atoms with Gasteiger partial charge in [-0.2, -0.15) is 4.98 Å². The third-order valence-corrected chi connectivity index (χ3v) is 2.78. The van der Waals surface area contributed by atoms with E-state index >= 15 is 0 Å². The van der Waals surface area contributed by atoms with Gasteiger partial charge in [-0.3, -0.25) is 10.1 Å². The Hall–Kier alpha value is -2.48. The Labute approximate surface area is 117 Å². The van der Waals surface area contributed by atoms with Gasteiger partial charge < -0.3 is 11.1 Å². The molecule has 0 fully saturated rings. The molecular weight excluding hydrogens is 289 g/mol. The maximum Gasteiger partial charge on any atom is 0.332 e. The average Bonchev–Trinajstić information content (AvgIpc) is 2.32. The summed E-state index contributed by atoms with van der Waals surface area (Å²) in [5.74, 6) is -1.04. The Morgan fingerprint density at radius 2 is 2.15 bits per heavy atom. The predicted octanol–water partition coefficient (Wildman–Crippen LogP) is 2.81. The van der Waals surface area contributed by atoms with Gasteiger partial charge >= 0.3 is 5.69 Å². The summed E-state index contributed by atoms with van der Waals surface area (Å²) in [5.41, 5.74) is 5.01. The first-order valence-corrected chi connectivity index (χ1v) is 5.77. The molecular formula is C11H9ClFN5O2. The van der Waals surface area contributed by atoms with Crippen molar-refractivity contribution in [1.29, 1.82) is 0 Å². The maximum atomic E-state index is 13.7. The highest BCUT2D eigenvalue weighted by Crippen LogP contribution is 2.32. The van der Waals surface area contributed by atoms with Crippen LogP contribution in [0.4, 0.5) is 27.5 Å². The second-order valence-corrected chi connectivity index (χ2v) is 4.25. The van der Waals surface area contributed by atoms with E-state index in [2.05, 4.69) is 15.3 Å². The van der Waals surface area contributed by atoms with Crippen LogP contribution in [0.2, 0.25) is 5.02 Å². The van der Waals surface area contributed by atoms with Crippen molar-refractivity contribution in [1.82, 2.24) is 9.97 Å². The highest BCUT2D eigenvalue weighted by molar-refractivity contribution is 6.33. The van der Waals surface area contributed by atoms with E-state index in [0.717, 1.165) is 6.07 Å². The number of anilines is 3. The lowest BCUT2D eigenvalue weighted by atomic mass is 10.3. The van der Waals surface area contributed by atoms with Crippen LogP contribution in [0.3, 0.4) is 0 Å². The van der Waals surface area contributed by atoms with E-state index in [4.69, 9.17) is 17.3 Å². The van der Waals surface area contributed by atoms with Crippen LogP contribution >= 0.6 is 11.6 Å². The monoisotopic (exact) mass is 297 g/mol. The number of para-hydroxylation sites is 1. The van der Waals surface area contributed by atoms with Gasteiger partial charge in [-0.25, -0.2) is 9.37 Å². The third-order valence-electron chi connectivity index (χ3n) is 2.46. The number of aromatic nitrogens is 2. The van der Waals surface area contributed by atoms with Gasteiger partial charge in [0.1, 0.15) is 11.5 Å². The fourth-order valence-corrected chi connectivity index (χ4v) is 1.84. The van der Waals surface area contributed by atoms with Crippen LogP contribution in [0.5, 0.6) is 0 Å². The Morgan fingerprint density at radius 1 is 1.45 bits per heavy atom. The van der Waals surface area contributed by atoms with Crippen LogP contribution in [-0.4, -0.2) is 14.9 Å². The van der Waals surface area contributed by atoms with Gasteiger partial charge in [0.2, 0.25) is 11.8 Å². The molecule has 9 heteroatoms. The number of nitrogens with zero attached hydrogens (tertiary/aromatic N) is 3. The third kappa shape index (κ3) is 2.59. The number of rotatable bonds is 3. The van der Waals surface area contributed by atoms with Crippen LogP contribution in [0.15, 0.2) is 18.2 Å². The number of benzene rings is 1. The summed E-state index contributed by atoms with van der Waals surface area (Å²) in [5, 5.41) is 13.6. The first-order valence-electron chi connectivity index (χ1n) is 5.39.